The van der Waals surface area contributed by atoms with Crippen LogP contribution >= 0.6 is 23.5 Å². The van der Waals surface area contributed by atoms with Crippen LogP contribution in [0, 0.1) is 5.92 Å². The van der Waals surface area contributed by atoms with E-state index < -0.39 is 11.9 Å². The molecular formula is C27H40O6S2. The highest BCUT2D eigenvalue weighted by molar-refractivity contribution is 8.18. The van der Waals surface area contributed by atoms with Gasteiger partial charge < -0.3 is 29.2 Å². The molecule has 0 bridgehead atoms. The summed E-state index contributed by atoms with van der Waals surface area (Å²) in [5, 5.41) is 20.5. The highest BCUT2D eigenvalue weighted by Crippen LogP contribution is 2.57. The molecule has 8 heteroatoms. The molecule has 3 unspecified atom stereocenters. The summed E-state index contributed by atoms with van der Waals surface area (Å²) >= 11 is 4.04. The number of aliphatic hydroxyl groups excluding tert-OH is 2. The van der Waals surface area contributed by atoms with Gasteiger partial charge in [0.2, 0.25) is 0 Å². The quantitative estimate of drug-likeness (QED) is 0.448. The molecule has 3 fully saturated rings. The van der Waals surface area contributed by atoms with E-state index in [-0.39, 0.29) is 28.8 Å². The second kappa shape index (κ2) is 12.2. The fourth-order valence-electron chi connectivity index (χ4n) is 5.26. The van der Waals surface area contributed by atoms with Gasteiger partial charge in [0.1, 0.15) is 5.75 Å². The van der Waals surface area contributed by atoms with Gasteiger partial charge in [0, 0.05) is 25.9 Å². The molecule has 3 aliphatic rings. The average Bonchev–Trinajstić information content (AvgIpc) is 2.83. The monoisotopic (exact) mass is 524 g/mol. The molecule has 35 heavy (non-hydrogen) atoms. The summed E-state index contributed by atoms with van der Waals surface area (Å²) in [5.74, 6) is 2.31. The first-order chi connectivity index (χ1) is 16.8. The van der Waals surface area contributed by atoms with Gasteiger partial charge in [0.05, 0.1) is 42.7 Å². The molecule has 1 aromatic carbocycles. The van der Waals surface area contributed by atoms with Crippen molar-refractivity contribution in [2.75, 3.05) is 31.8 Å². The Balaban J connectivity index is 1.43. The second-order valence-electron chi connectivity index (χ2n) is 10.1. The Morgan fingerprint density at radius 2 is 1.89 bits per heavy atom. The normalized spacial score (nSPS) is 31.4. The van der Waals surface area contributed by atoms with Crippen molar-refractivity contribution < 1.29 is 29.2 Å². The van der Waals surface area contributed by atoms with Crippen molar-refractivity contribution in [2.45, 2.75) is 80.2 Å². The van der Waals surface area contributed by atoms with E-state index in [1.54, 1.807) is 7.11 Å². The lowest BCUT2D eigenvalue weighted by molar-refractivity contribution is -0.331. The Bertz CT molecular complexity index is 827. The van der Waals surface area contributed by atoms with Crippen LogP contribution in [0.3, 0.4) is 0 Å². The summed E-state index contributed by atoms with van der Waals surface area (Å²) in [7, 11) is 1.66. The minimum absolute atomic E-state index is 0.0233. The van der Waals surface area contributed by atoms with Gasteiger partial charge in [-0.2, -0.15) is 0 Å². The highest BCUT2D eigenvalue weighted by atomic mass is 32.2. The maximum atomic E-state index is 10.9. The van der Waals surface area contributed by atoms with Crippen LogP contribution in [0.2, 0.25) is 0 Å². The summed E-state index contributed by atoms with van der Waals surface area (Å²) in [6.45, 7) is 7.19. The lowest BCUT2D eigenvalue weighted by atomic mass is 9.88. The van der Waals surface area contributed by atoms with Crippen molar-refractivity contribution in [3.63, 3.8) is 0 Å². The number of hydrogen-bond acceptors (Lipinski definition) is 8. The van der Waals surface area contributed by atoms with Crippen molar-refractivity contribution >= 4 is 23.5 Å². The van der Waals surface area contributed by atoms with Gasteiger partial charge in [-0.25, -0.2) is 0 Å². The van der Waals surface area contributed by atoms with E-state index in [0.29, 0.717) is 32.5 Å². The molecule has 0 aliphatic carbocycles. The molecular weight excluding hydrogens is 484 g/mol. The predicted molar refractivity (Wildman–Crippen MR) is 142 cm³/mol. The van der Waals surface area contributed by atoms with Gasteiger partial charge in [-0.1, -0.05) is 31.2 Å². The van der Waals surface area contributed by atoms with Crippen LogP contribution in [0.5, 0.6) is 5.75 Å². The molecule has 0 saturated carbocycles. The number of thioether (sulfide) groups is 2. The van der Waals surface area contributed by atoms with Gasteiger partial charge in [0.25, 0.3) is 0 Å². The van der Waals surface area contributed by atoms with Crippen LogP contribution in [0.15, 0.2) is 36.4 Å². The van der Waals surface area contributed by atoms with Gasteiger partial charge >= 0.3 is 0 Å². The Morgan fingerprint density at radius 1 is 1.17 bits per heavy atom. The largest absolute Gasteiger partial charge is 0.497 e. The summed E-state index contributed by atoms with van der Waals surface area (Å²) in [6, 6.07) is 7.84. The number of aliphatic hydroxyl groups is 2. The number of methoxy groups -OCH3 is 1. The summed E-state index contributed by atoms with van der Waals surface area (Å²) < 4.78 is 24.6. The van der Waals surface area contributed by atoms with Crippen LogP contribution in [0.1, 0.15) is 51.0 Å². The van der Waals surface area contributed by atoms with Crippen LogP contribution < -0.4 is 4.74 Å². The summed E-state index contributed by atoms with van der Waals surface area (Å²) in [6.07, 6.45) is 3.86. The molecule has 0 aromatic heterocycles. The standard InChI is InChI=1S/C27H40O6S2/c1-19(20(2)15-28)11-24-14-27(34-9-4-10-35-27)18-26(32-24)13-22(29)12-25(33-26)17-31-16-21-5-7-23(30-3)8-6-21/h5-8,20,22,24-25,28-29H,1,4,9-18H2,2-3H3/t20?,22?,24-,25?,26-/m1/s1. The second-order valence-corrected chi connectivity index (χ2v) is 13.4. The molecule has 2 N–H and O–H groups in total. The lowest BCUT2D eigenvalue weighted by Crippen LogP contribution is -2.58. The molecule has 1 aromatic rings. The predicted octanol–water partition coefficient (Wildman–Crippen LogP) is 4.77. The average molecular weight is 525 g/mol. The van der Waals surface area contributed by atoms with Crippen molar-refractivity contribution in [3.8, 4) is 5.75 Å². The minimum atomic E-state index is -0.825. The molecule has 5 atom stereocenters. The number of hydrogen-bond donors (Lipinski definition) is 2. The van der Waals surface area contributed by atoms with E-state index in [9.17, 15) is 10.2 Å². The molecule has 2 spiro atoms. The SMILES string of the molecule is C=C(C[C@@H]1CC2(C[C@]3(CC(O)CC(COCc4ccc(OC)cc4)O3)O1)SCCCS2)C(C)CO. The molecule has 0 amide bonds. The van der Waals surface area contributed by atoms with Crippen molar-refractivity contribution in [3.05, 3.63) is 42.0 Å². The first-order valence-electron chi connectivity index (χ1n) is 12.6. The minimum Gasteiger partial charge on any atom is -0.497 e. The summed E-state index contributed by atoms with van der Waals surface area (Å²) in [4.78, 5) is 0. The molecule has 4 rings (SSSR count). The zero-order valence-electron chi connectivity index (χ0n) is 20.9. The lowest BCUT2D eigenvalue weighted by Gasteiger charge is -2.54. The van der Waals surface area contributed by atoms with Crippen molar-refractivity contribution in [1.29, 1.82) is 0 Å². The Hall–Kier alpha value is -0.740. The van der Waals surface area contributed by atoms with Gasteiger partial charge in [0.15, 0.2) is 5.79 Å². The van der Waals surface area contributed by atoms with E-state index in [2.05, 4.69) is 6.58 Å². The highest BCUT2D eigenvalue weighted by Gasteiger charge is 2.54. The Labute approximate surface area is 218 Å². The van der Waals surface area contributed by atoms with Gasteiger partial charge in [-0.05, 0) is 54.4 Å². The van der Waals surface area contributed by atoms with Crippen LogP contribution in [0.25, 0.3) is 0 Å². The Kier molecular flexibility index (Phi) is 9.52. The third-order valence-electron chi connectivity index (χ3n) is 7.13. The number of benzene rings is 1. The van der Waals surface area contributed by atoms with E-state index in [1.807, 2.05) is 54.7 Å². The number of ether oxygens (including phenoxy) is 4. The van der Waals surface area contributed by atoms with Crippen molar-refractivity contribution in [2.24, 2.45) is 5.92 Å². The fraction of sp³-hybridized carbons (Fsp3) is 0.704. The van der Waals surface area contributed by atoms with Crippen LogP contribution in [-0.4, -0.2) is 70.2 Å². The van der Waals surface area contributed by atoms with Gasteiger partial charge in [-0.3, -0.25) is 0 Å². The fourth-order valence-corrected chi connectivity index (χ4v) is 8.85. The number of rotatable bonds is 9. The molecule has 196 valence electrons. The molecule has 0 radical (unpaired) electrons. The molecule has 6 nitrogen and oxygen atoms in total. The maximum Gasteiger partial charge on any atom is 0.173 e. The van der Waals surface area contributed by atoms with Crippen LogP contribution in [0.4, 0.5) is 0 Å². The molecule has 3 heterocycles. The smallest absolute Gasteiger partial charge is 0.173 e. The third kappa shape index (κ3) is 7.18. The first-order valence-corrected chi connectivity index (χ1v) is 14.6. The molecule has 3 aliphatic heterocycles. The van der Waals surface area contributed by atoms with E-state index in [0.717, 1.165) is 41.2 Å². The first kappa shape index (κ1) is 27.3. The third-order valence-corrected chi connectivity index (χ3v) is 10.5. The van der Waals surface area contributed by atoms with Gasteiger partial charge in [-0.15, -0.1) is 23.5 Å². The van der Waals surface area contributed by atoms with Crippen LogP contribution in [-0.2, 0) is 20.8 Å². The zero-order valence-corrected chi connectivity index (χ0v) is 22.6. The van der Waals surface area contributed by atoms with E-state index in [1.165, 1.54) is 6.42 Å². The topological polar surface area (TPSA) is 77.4 Å². The molecule has 3 saturated heterocycles. The zero-order chi connectivity index (χ0) is 24.9. The van der Waals surface area contributed by atoms with E-state index in [4.69, 9.17) is 18.9 Å². The Morgan fingerprint density at radius 3 is 2.57 bits per heavy atom. The maximum absolute atomic E-state index is 10.9. The van der Waals surface area contributed by atoms with E-state index >= 15 is 0 Å². The summed E-state index contributed by atoms with van der Waals surface area (Å²) in [5.41, 5.74) is 2.07. The van der Waals surface area contributed by atoms with Crippen molar-refractivity contribution in [1.82, 2.24) is 0 Å².